The number of rotatable bonds is 10. The fourth-order valence-electron chi connectivity index (χ4n) is 4.11. The number of aromatic nitrogens is 1. The quantitative estimate of drug-likeness (QED) is 0.368. The highest BCUT2D eigenvalue weighted by atomic mass is 16.3. The van der Waals surface area contributed by atoms with Crippen molar-refractivity contribution < 1.29 is 5.11 Å². The molecule has 0 aliphatic carbocycles. The lowest BCUT2D eigenvalue weighted by Crippen LogP contribution is -2.38. The molecule has 1 aromatic heterocycles. The standard InChI is InChI=1S/C28H30N2O/c31-23-27(18-20-29-19-10-17-28(29)26-15-8-3-9-16-26)30(21-24-11-4-1-5-12-24)22-25-13-6-2-7-14-25/h1-17,19,27,31H,18,20-23H2/t27-/m1/s1. The molecule has 1 N–H and O–H groups in total. The Morgan fingerprint density at radius 2 is 1.23 bits per heavy atom. The molecule has 0 bridgehead atoms. The zero-order valence-electron chi connectivity index (χ0n) is 17.8. The fourth-order valence-corrected chi connectivity index (χ4v) is 4.11. The Bertz CT molecular complexity index is 987. The van der Waals surface area contributed by atoms with Crippen LogP contribution in [0.15, 0.2) is 109 Å². The molecule has 0 saturated carbocycles. The molecule has 0 amide bonds. The summed E-state index contributed by atoms with van der Waals surface area (Å²) in [6.45, 7) is 2.64. The first-order valence-corrected chi connectivity index (χ1v) is 11.0. The summed E-state index contributed by atoms with van der Waals surface area (Å²) in [6, 6.07) is 35.9. The SMILES string of the molecule is OC[C@@H](CCn1cccc1-c1ccccc1)N(Cc1ccccc1)Cc1ccccc1. The molecule has 4 rings (SSSR count). The smallest absolute Gasteiger partial charge is 0.0587 e. The third-order valence-electron chi connectivity index (χ3n) is 5.79. The summed E-state index contributed by atoms with van der Waals surface area (Å²) in [7, 11) is 0. The van der Waals surface area contributed by atoms with Crippen molar-refractivity contribution in [3.8, 4) is 11.3 Å². The molecule has 31 heavy (non-hydrogen) atoms. The minimum atomic E-state index is 0.0754. The average Bonchev–Trinajstić information content (AvgIpc) is 3.30. The van der Waals surface area contributed by atoms with Crippen LogP contribution in [0.5, 0.6) is 0 Å². The first-order chi connectivity index (χ1) is 15.3. The number of aliphatic hydroxyl groups is 1. The van der Waals surface area contributed by atoms with Gasteiger partial charge in [-0.3, -0.25) is 4.90 Å². The van der Waals surface area contributed by atoms with E-state index in [1.165, 1.54) is 22.4 Å². The predicted octanol–water partition coefficient (Wildman–Crippen LogP) is 5.61. The van der Waals surface area contributed by atoms with Crippen LogP contribution in [0, 0.1) is 0 Å². The Morgan fingerprint density at radius 1 is 0.677 bits per heavy atom. The van der Waals surface area contributed by atoms with Gasteiger partial charge in [0, 0.05) is 37.6 Å². The van der Waals surface area contributed by atoms with Gasteiger partial charge in [0.25, 0.3) is 0 Å². The number of hydrogen-bond acceptors (Lipinski definition) is 2. The maximum absolute atomic E-state index is 10.3. The maximum Gasteiger partial charge on any atom is 0.0587 e. The van der Waals surface area contributed by atoms with Crippen molar-refractivity contribution in [3.05, 3.63) is 120 Å². The van der Waals surface area contributed by atoms with Gasteiger partial charge >= 0.3 is 0 Å². The van der Waals surface area contributed by atoms with Crippen LogP contribution in [0.2, 0.25) is 0 Å². The van der Waals surface area contributed by atoms with E-state index in [1.54, 1.807) is 0 Å². The Labute approximate surface area is 185 Å². The lowest BCUT2D eigenvalue weighted by molar-refractivity contribution is 0.0999. The van der Waals surface area contributed by atoms with Gasteiger partial charge in [-0.15, -0.1) is 0 Å². The Balaban J connectivity index is 1.50. The third-order valence-corrected chi connectivity index (χ3v) is 5.79. The number of benzene rings is 3. The highest BCUT2D eigenvalue weighted by molar-refractivity contribution is 5.59. The molecule has 0 unspecified atom stereocenters. The normalized spacial score (nSPS) is 12.2. The highest BCUT2D eigenvalue weighted by Gasteiger charge is 2.19. The summed E-state index contributed by atoms with van der Waals surface area (Å²) < 4.78 is 2.29. The average molecular weight is 411 g/mol. The largest absolute Gasteiger partial charge is 0.395 e. The zero-order chi connectivity index (χ0) is 21.3. The Kier molecular flexibility index (Phi) is 7.32. The molecule has 158 valence electrons. The zero-order valence-corrected chi connectivity index (χ0v) is 17.8. The molecule has 0 aliphatic heterocycles. The second-order valence-electron chi connectivity index (χ2n) is 7.95. The van der Waals surface area contributed by atoms with Crippen molar-refractivity contribution >= 4 is 0 Å². The topological polar surface area (TPSA) is 28.4 Å². The summed E-state index contributed by atoms with van der Waals surface area (Å²) in [5, 5.41) is 10.3. The summed E-state index contributed by atoms with van der Waals surface area (Å²) in [5.41, 5.74) is 4.97. The van der Waals surface area contributed by atoms with E-state index in [2.05, 4.69) is 101 Å². The van der Waals surface area contributed by atoms with E-state index in [-0.39, 0.29) is 12.6 Å². The van der Waals surface area contributed by atoms with Crippen molar-refractivity contribution in [1.82, 2.24) is 9.47 Å². The van der Waals surface area contributed by atoms with Gasteiger partial charge in [0.1, 0.15) is 0 Å². The molecule has 3 aromatic carbocycles. The van der Waals surface area contributed by atoms with E-state index in [0.29, 0.717) is 0 Å². The van der Waals surface area contributed by atoms with Gasteiger partial charge in [0.2, 0.25) is 0 Å². The fraction of sp³-hybridized carbons (Fsp3) is 0.214. The number of nitrogens with zero attached hydrogens (tertiary/aromatic N) is 2. The maximum atomic E-state index is 10.3. The highest BCUT2D eigenvalue weighted by Crippen LogP contribution is 2.22. The second-order valence-corrected chi connectivity index (χ2v) is 7.95. The van der Waals surface area contributed by atoms with Crippen LogP contribution >= 0.6 is 0 Å². The second kappa shape index (κ2) is 10.8. The molecule has 1 atom stereocenters. The van der Waals surface area contributed by atoms with Gasteiger partial charge in [0.15, 0.2) is 0 Å². The number of aryl methyl sites for hydroxylation is 1. The molecule has 0 radical (unpaired) electrons. The lowest BCUT2D eigenvalue weighted by atomic mass is 10.1. The van der Waals surface area contributed by atoms with Gasteiger partial charge in [-0.25, -0.2) is 0 Å². The van der Waals surface area contributed by atoms with E-state index in [4.69, 9.17) is 0 Å². The summed E-state index contributed by atoms with van der Waals surface area (Å²) in [4.78, 5) is 2.40. The van der Waals surface area contributed by atoms with Crippen LogP contribution in [0.1, 0.15) is 17.5 Å². The summed E-state index contributed by atoms with van der Waals surface area (Å²) >= 11 is 0. The minimum absolute atomic E-state index is 0.0754. The van der Waals surface area contributed by atoms with E-state index in [0.717, 1.165) is 26.1 Å². The molecule has 3 heteroatoms. The van der Waals surface area contributed by atoms with Crippen LogP contribution in [0.25, 0.3) is 11.3 Å². The van der Waals surface area contributed by atoms with Gasteiger partial charge in [-0.1, -0.05) is 91.0 Å². The van der Waals surface area contributed by atoms with Gasteiger partial charge < -0.3 is 9.67 Å². The molecule has 4 aromatic rings. The van der Waals surface area contributed by atoms with Crippen LogP contribution in [0.3, 0.4) is 0 Å². The van der Waals surface area contributed by atoms with Crippen LogP contribution < -0.4 is 0 Å². The summed E-state index contributed by atoms with van der Waals surface area (Å²) in [6.07, 6.45) is 3.01. The van der Waals surface area contributed by atoms with Gasteiger partial charge in [0.05, 0.1) is 6.61 Å². The first kappa shape index (κ1) is 21.1. The molecule has 1 heterocycles. The first-order valence-electron chi connectivity index (χ1n) is 11.0. The predicted molar refractivity (Wildman–Crippen MR) is 127 cm³/mol. The molecule has 3 nitrogen and oxygen atoms in total. The molecule has 0 saturated heterocycles. The Morgan fingerprint density at radius 3 is 1.77 bits per heavy atom. The molecular weight excluding hydrogens is 380 g/mol. The van der Waals surface area contributed by atoms with Gasteiger partial charge in [-0.05, 0) is 35.2 Å². The molecule has 0 spiro atoms. The van der Waals surface area contributed by atoms with E-state index in [9.17, 15) is 5.11 Å². The molecular formula is C28H30N2O. The van der Waals surface area contributed by atoms with Crippen LogP contribution in [-0.2, 0) is 19.6 Å². The van der Waals surface area contributed by atoms with Crippen molar-refractivity contribution in [3.63, 3.8) is 0 Å². The number of hydrogen-bond donors (Lipinski definition) is 1. The van der Waals surface area contributed by atoms with Crippen molar-refractivity contribution in [1.29, 1.82) is 0 Å². The van der Waals surface area contributed by atoms with Crippen LogP contribution in [-0.4, -0.2) is 27.2 Å². The molecule has 0 aliphatic rings. The lowest BCUT2D eigenvalue weighted by Gasteiger charge is -2.31. The van der Waals surface area contributed by atoms with Gasteiger partial charge in [-0.2, -0.15) is 0 Å². The molecule has 0 fully saturated rings. The monoisotopic (exact) mass is 410 g/mol. The van der Waals surface area contributed by atoms with E-state index in [1.807, 2.05) is 18.2 Å². The van der Waals surface area contributed by atoms with Crippen LogP contribution in [0.4, 0.5) is 0 Å². The van der Waals surface area contributed by atoms with Crippen molar-refractivity contribution in [2.75, 3.05) is 6.61 Å². The number of aliphatic hydroxyl groups excluding tert-OH is 1. The van der Waals surface area contributed by atoms with E-state index < -0.39 is 0 Å². The third kappa shape index (κ3) is 5.72. The van der Waals surface area contributed by atoms with Crippen molar-refractivity contribution in [2.45, 2.75) is 32.1 Å². The van der Waals surface area contributed by atoms with Crippen molar-refractivity contribution in [2.24, 2.45) is 0 Å². The Hall–Kier alpha value is -3.14. The summed E-state index contributed by atoms with van der Waals surface area (Å²) in [5.74, 6) is 0. The van der Waals surface area contributed by atoms with E-state index >= 15 is 0 Å². The minimum Gasteiger partial charge on any atom is -0.395 e.